The van der Waals surface area contributed by atoms with E-state index in [0.29, 0.717) is 17.6 Å². The van der Waals surface area contributed by atoms with Gasteiger partial charge in [-0.25, -0.2) is 4.85 Å². The summed E-state index contributed by atoms with van der Waals surface area (Å²) in [7, 11) is 0. The van der Waals surface area contributed by atoms with Crippen LogP contribution in [-0.2, 0) is 4.74 Å². The summed E-state index contributed by atoms with van der Waals surface area (Å²) in [4.78, 5) is 5.96. The molecule has 0 amide bonds. The zero-order valence-corrected chi connectivity index (χ0v) is 13.5. The molecule has 23 heavy (non-hydrogen) atoms. The summed E-state index contributed by atoms with van der Waals surface area (Å²) in [6.45, 7) is 12.8. The van der Waals surface area contributed by atoms with E-state index in [4.69, 9.17) is 11.3 Å². The van der Waals surface area contributed by atoms with Crippen molar-refractivity contribution in [2.24, 2.45) is 0 Å². The molecule has 0 spiro atoms. The van der Waals surface area contributed by atoms with Crippen LogP contribution in [-0.4, -0.2) is 31.2 Å². The Hall–Kier alpha value is -2.15. The van der Waals surface area contributed by atoms with Crippen LogP contribution in [0.1, 0.15) is 30.0 Å². The van der Waals surface area contributed by atoms with Gasteiger partial charge < -0.3 is 4.74 Å². The third kappa shape index (κ3) is 3.79. The number of nitrogens with zero attached hydrogens (tertiary/aromatic N) is 2. The quantitative estimate of drug-likeness (QED) is 0.781. The molecule has 1 aliphatic rings. The van der Waals surface area contributed by atoms with Crippen molar-refractivity contribution in [2.75, 3.05) is 26.3 Å². The molecule has 0 radical (unpaired) electrons. The van der Waals surface area contributed by atoms with Gasteiger partial charge >= 0.3 is 0 Å². The zero-order chi connectivity index (χ0) is 16.1. The molecule has 1 saturated heterocycles. The fourth-order valence-corrected chi connectivity index (χ4v) is 3.15. The first-order chi connectivity index (χ1) is 11.3. The lowest BCUT2D eigenvalue weighted by Crippen LogP contribution is -2.32. The summed E-state index contributed by atoms with van der Waals surface area (Å²) in [5, 5.41) is 0. The fourth-order valence-electron chi connectivity index (χ4n) is 3.15. The van der Waals surface area contributed by atoms with E-state index in [1.165, 1.54) is 11.1 Å². The highest BCUT2D eigenvalue weighted by atomic mass is 16.5. The Bertz CT molecular complexity index is 660. The lowest BCUT2D eigenvalue weighted by molar-refractivity contribution is 0.130. The lowest BCUT2D eigenvalue weighted by Gasteiger charge is -2.30. The molecule has 0 unspecified atom stereocenters. The van der Waals surface area contributed by atoms with Gasteiger partial charge in [-0.2, -0.15) is 0 Å². The lowest BCUT2D eigenvalue weighted by atomic mass is 9.97. The van der Waals surface area contributed by atoms with Gasteiger partial charge in [0, 0.05) is 25.0 Å². The number of rotatable bonds is 3. The smallest absolute Gasteiger partial charge is 0.187 e. The van der Waals surface area contributed by atoms with Crippen molar-refractivity contribution in [3.63, 3.8) is 0 Å². The van der Waals surface area contributed by atoms with Crippen molar-refractivity contribution in [3.05, 3.63) is 77.1 Å². The molecular weight excluding hydrogens is 284 g/mol. The highest BCUT2D eigenvalue weighted by Crippen LogP contribution is 2.27. The van der Waals surface area contributed by atoms with Gasteiger partial charge in [0.05, 0.1) is 19.8 Å². The Morgan fingerprint density at radius 3 is 2.57 bits per heavy atom. The number of hydrogen-bond donors (Lipinski definition) is 0. The van der Waals surface area contributed by atoms with Crippen LogP contribution in [0.15, 0.2) is 54.6 Å². The molecule has 0 aromatic heterocycles. The molecular formula is C20H22N2O. The van der Waals surface area contributed by atoms with Gasteiger partial charge in [-0.1, -0.05) is 54.6 Å². The van der Waals surface area contributed by atoms with Crippen molar-refractivity contribution >= 4 is 5.69 Å². The summed E-state index contributed by atoms with van der Waals surface area (Å²) < 4.78 is 5.83. The SMILES string of the molecule is [C-]#[N+]c1ccc([C@@H]2COCCN([C@H](C)c3ccccc3)C2)cc1. The first kappa shape index (κ1) is 15.7. The normalized spacial score (nSPS) is 20.4. The molecule has 3 rings (SSSR count). The monoisotopic (exact) mass is 306 g/mol. The van der Waals surface area contributed by atoms with Gasteiger partial charge in [-0.3, -0.25) is 4.90 Å². The zero-order valence-electron chi connectivity index (χ0n) is 13.5. The minimum atomic E-state index is 0.350. The molecule has 3 nitrogen and oxygen atoms in total. The van der Waals surface area contributed by atoms with Gasteiger partial charge in [0.25, 0.3) is 0 Å². The van der Waals surface area contributed by atoms with Crippen molar-refractivity contribution in [1.82, 2.24) is 4.90 Å². The van der Waals surface area contributed by atoms with Crippen LogP contribution < -0.4 is 0 Å². The summed E-state index contributed by atoms with van der Waals surface area (Å²) in [5.74, 6) is 0.350. The minimum Gasteiger partial charge on any atom is -0.379 e. The largest absolute Gasteiger partial charge is 0.379 e. The van der Waals surface area contributed by atoms with Crippen molar-refractivity contribution in [3.8, 4) is 0 Å². The van der Waals surface area contributed by atoms with Gasteiger partial charge in [0.2, 0.25) is 0 Å². The summed E-state index contributed by atoms with van der Waals surface area (Å²) >= 11 is 0. The van der Waals surface area contributed by atoms with Crippen LogP contribution in [0.4, 0.5) is 5.69 Å². The van der Waals surface area contributed by atoms with Gasteiger partial charge in [-0.15, -0.1) is 0 Å². The molecule has 1 heterocycles. The van der Waals surface area contributed by atoms with Crippen LogP contribution in [0, 0.1) is 6.57 Å². The average molecular weight is 306 g/mol. The first-order valence-corrected chi connectivity index (χ1v) is 8.12. The number of ether oxygens (including phenoxy) is 1. The van der Waals surface area contributed by atoms with E-state index in [9.17, 15) is 0 Å². The maximum absolute atomic E-state index is 7.07. The maximum Gasteiger partial charge on any atom is 0.187 e. The summed E-state index contributed by atoms with van der Waals surface area (Å²) in [6.07, 6.45) is 0. The molecule has 0 aliphatic carbocycles. The fraction of sp³-hybridized carbons (Fsp3) is 0.350. The predicted molar refractivity (Wildman–Crippen MR) is 92.7 cm³/mol. The van der Waals surface area contributed by atoms with E-state index in [-0.39, 0.29) is 0 Å². The van der Waals surface area contributed by atoms with E-state index in [0.717, 1.165) is 26.3 Å². The van der Waals surface area contributed by atoms with Gasteiger partial charge in [0.1, 0.15) is 0 Å². The molecule has 3 heteroatoms. The maximum atomic E-state index is 7.07. The van der Waals surface area contributed by atoms with E-state index >= 15 is 0 Å². The minimum absolute atomic E-state index is 0.350. The highest BCUT2D eigenvalue weighted by molar-refractivity contribution is 5.46. The third-order valence-electron chi connectivity index (χ3n) is 4.62. The molecule has 0 bridgehead atoms. The molecule has 118 valence electrons. The predicted octanol–water partition coefficient (Wildman–Crippen LogP) is 4.41. The molecule has 1 aliphatic heterocycles. The Morgan fingerprint density at radius 1 is 1.13 bits per heavy atom. The standard InChI is InChI=1S/C20H22N2O/c1-16(17-6-4-3-5-7-17)22-12-13-23-15-19(14-22)18-8-10-20(21-2)11-9-18/h3-11,16,19H,12-15H2,1H3/t16-,19+/m1/s1. The number of benzene rings is 2. The van der Waals surface area contributed by atoms with Crippen molar-refractivity contribution < 1.29 is 4.74 Å². The Balaban J connectivity index is 1.76. The topological polar surface area (TPSA) is 16.8 Å². The van der Waals surface area contributed by atoms with E-state index in [2.05, 4.69) is 59.1 Å². The Labute approximate surface area is 138 Å². The van der Waals surface area contributed by atoms with Crippen LogP contribution in [0.25, 0.3) is 4.85 Å². The van der Waals surface area contributed by atoms with Gasteiger partial charge in [0.15, 0.2) is 5.69 Å². The molecule has 0 N–H and O–H groups in total. The molecule has 2 aromatic carbocycles. The van der Waals surface area contributed by atoms with Crippen molar-refractivity contribution in [1.29, 1.82) is 0 Å². The van der Waals surface area contributed by atoms with Crippen LogP contribution >= 0.6 is 0 Å². The van der Waals surface area contributed by atoms with Gasteiger partial charge in [-0.05, 0) is 18.1 Å². The van der Waals surface area contributed by atoms with E-state index < -0.39 is 0 Å². The molecule has 2 aromatic rings. The second-order valence-corrected chi connectivity index (χ2v) is 6.06. The molecule has 0 saturated carbocycles. The molecule has 1 fully saturated rings. The average Bonchev–Trinajstić information content (AvgIpc) is 2.88. The second kappa shape index (κ2) is 7.41. The van der Waals surface area contributed by atoms with E-state index in [1.54, 1.807) is 0 Å². The Morgan fingerprint density at radius 2 is 1.87 bits per heavy atom. The Kier molecular flexibility index (Phi) is 5.07. The molecule has 2 atom stereocenters. The van der Waals surface area contributed by atoms with E-state index in [1.807, 2.05) is 12.1 Å². The van der Waals surface area contributed by atoms with Crippen LogP contribution in [0.5, 0.6) is 0 Å². The first-order valence-electron chi connectivity index (χ1n) is 8.12. The summed E-state index contributed by atoms with van der Waals surface area (Å²) in [6, 6.07) is 19.0. The van der Waals surface area contributed by atoms with Crippen LogP contribution in [0.3, 0.4) is 0 Å². The summed E-state index contributed by atoms with van der Waals surface area (Å²) in [5.41, 5.74) is 3.29. The van der Waals surface area contributed by atoms with Crippen LogP contribution in [0.2, 0.25) is 0 Å². The highest BCUT2D eigenvalue weighted by Gasteiger charge is 2.24. The number of hydrogen-bond acceptors (Lipinski definition) is 2. The second-order valence-electron chi connectivity index (χ2n) is 6.06. The van der Waals surface area contributed by atoms with Crippen molar-refractivity contribution in [2.45, 2.75) is 18.9 Å². The third-order valence-corrected chi connectivity index (χ3v) is 4.62.